The molecule has 1 amide bonds. The smallest absolute Gasteiger partial charge is 0.407 e. The zero-order chi connectivity index (χ0) is 18.1. The predicted octanol–water partition coefficient (Wildman–Crippen LogP) is 5.64. The average Bonchev–Trinajstić information content (AvgIpc) is 2.31. The van der Waals surface area contributed by atoms with Gasteiger partial charge >= 0.3 is 6.09 Å². The quantitative estimate of drug-likeness (QED) is 0.714. The largest absolute Gasteiger partial charge is 0.444 e. The van der Waals surface area contributed by atoms with Gasteiger partial charge in [0.2, 0.25) is 0 Å². The SMILES string of the molecule is CC(C)(C)OC(=O)NCC1CCC(C(C)(C)C)C(C(C)(C)C)C1. The molecule has 0 aromatic rings. The van der Waals surface area contributed by atoms with E-state index in [9.17, 15) is 4.79 Å². The number of ether oxygens (including phenoxy) is 1. The van der Waals surface area contributed by atoms with Crippen molar-refractivity contribution in [3.63, 3.8) is 0 Å². The molecule has 0 bridgehead atoms. The van der Waals surface area contributed by atoms with Crippen molar-refractivity contribution in [2.45, 2.75) is 87.2 Å². The number of carbonyl (C=O) groups excluding carboxylic acids is 1. The molecular weight excluding hydrogens is 286 g/mol. The molecule has 1 fully saturated rings. The first-order valence-electron chi connectivity index (χ1n) is 9.17. The van der Waals surface area contributed by atoms with Gasteiger partial charge in [-0.2, -0.15) is 0 Å². The Morgan fingerprint density at radius 2 is 1.43 bits per heavy atom. The molecule has 23 heavy (non-hydrogen) atoms. The van der Waals surface area contributed by atoms with Gasteiger partial charge in [0, 0.05) is 6.54 Å². The molecule has 3 atom stereocenters. The molecule has 1 saturated carbocycles. The summed E-state index contributed by atoms with van der Waals surface area (Å²) in [5.41, 5.74) is 0.228. The maximum atomic E-state index is 11.9. The maximum Gasteiger partial charge on any atom is 0.407 e. The van der Waals surface area contributed by atoms with Crippen molar-refractivity contribution in [3.05, 3.63) is 0 Å². The van der Waals surface area contributed by atoms with Crippen LogP contribution in [0.15, 0.2) is 0 Å². The lowest BCUT2D eigenvalue weighted by Gasteiger charge is -2.49. The van der Waals surface area contributed by atoms with Crippen LogP contribution < -0.4 is 5.32 Å². The molecule has 0 saturated heterocycles. The summed E-state index contributed by atoms with van der Waals surface area (Å²) in [6, 6.07) is 0. The molecule has 136 valence electrons. The summed E-state index contributed by atoms with van der Waals surface area (Å²) in [6.07, 6.45) is 3.36. The highest BCUT2D eigenvalue weighted by Gasteiger charge is 2.42. The van der Waals surface area contributed by atoms with Gasteiger partial charge in [0.15, 0.2) is 0 Å². The summed E-state index contributed by atoms with van der Waals surface area (Å²) >= 11 is 0. The molecule has 1 rings (SSSR count). The fraction of sp³-hybridized carbons (Fsp3) is 0.950. The van der Waals surface area contributed by atoms with Crippen LogP contribution in [0.5, 0.6) is 0 Å². The summed E-state index contributed by atoms with van der Waals surface area (Å²) in [5, 5.41) is 2.97. The summed E-state index contributed by atoms with van der Waals surface area (Å²) in [6.45, 7) is 20.6. The normalized spacial score (nSPS) is 26.7. The van der Waals surface area contributed by atoms with E-state index in [-0.39, 0.29) is 6.09 Å². The highest BCUT2D eigenvalue weighted by atomic mass is 16.6. The molecule has 1 aliphatic rings. The minimum atomic E-state index is -0.429. The molecule has 0 spiro atoms. The first kappa shape index (κ1) is 20.3. The lowest BCUT2D eigenvalue weighted by molar-refractivity contribution is 0.00993. The van der Waals surface area contributed by atoms with Crippen LogP contribution >= 0.6 is 0 Å². The van der Waals surface area contributed by atoms with Crippen molar-refractivity contribution in [2.24, 2.45) is 28.6 Å². The van der Waals surface area contributed by atoms with Crippen molar-refractivity contribution >= 4 is 6.09 Å². The Morgan fingerprint density at radius 1 is 0.913 bits per heavy atom. The van der Waals surface area contributed by atoms with Crippen LogP contribution in [-0.2, 0) is 4.74 Å². The van der Waals surface area contributed by atoms with Gasteiger partial charge in [0.05, 0.1) is 0 Å². The average molecular weight is 326 g/mol. The number of carbonyl (C=O) groups is 1. The fourth-order valence-electron chi connectivity index (χ4n) is 3.98. The summed E-state index contributed by atoms with van der Waals surface area (Å²) in [4.78, 5) is 11.9. The number of hydrogen-bond acceptors (Lipinski definition) is 2. The number of amides is 1. The third-order valence-corrected chi connectivity index (χ3v) is 5.12. The van der Waals surface area contributed by atoms with Crippen LogP contribution in [0.4, 0.5) is 4.79 Å². The van der Waals surface area contributed by atoms with Crippen LogP contribution in [0, 0.1) is 28.6 Å². The van der Waals surface area contributed by atoms with Crippen LogP contribution in [0.2, 0.25) is 0 Å². The molecule has 0 aromatic carbocycles. The number of alkyl carbamates (subject to hydrolysis) is 1. The first-order valence-corrected chi connectivity index (χ1v) is 9.17. The second kappa shape index (κ2) is 7.03. The molecule has 1 N–H and O–H groups in total. The molecule has 3 heteroatoms. The van der Waals surface area contributed by atoms with E-state index in [2.05, 4.69) is 46.9 Å². The fourth-order valence-corrected chi connectivity index (χ4v) is 3.98. The monoisotopic (exact) mass is 325 g/mol. The maximum absolute atomic E-state index is 11.9. The van der Waals surface area contributed by atoms with Gasteiger partial charge in [-0.25, -0.2) is 4.79 Å². The Bertz CT molecular complexity index is 395. The molecule has 3 unspecified atom stereocenters. The Labute approximate surface area is 143 Å². The minimum Gasteiger partial charge on any atom is -0.444 e. The van der Waals surface area contributed by atoms with E-state index in [1.54, 1.807) is 0 Å². The van der Waals surface area contributed by atoms with E-state index in [4.69, 9.17) is 4.74 Å². The summed E-state index contributed by atoms with van der Waals surface area (Å²) in [5.74, 6) is 2.01. The number of nitrogens with one attached hydrogen (secondary N) is 1. The zero-order valence-corrected chi connectivity index (χ0v) is 16.9. The summed E-state index contributed by atoms with van der Waals surface area (Å²) < 4.78 is 5.35. The van der Waals surface area contributed by atoms with E-state index in [0.29, 0.717) is 22.7 Å². The molecule has 3 nitrogen and oxygen atoms in total. The summed E-state index contributed by atoms with van der Waals surface area (Å²) in [7, 11) is 0. The molecule has 0 aliphatic heterocycles. The van der Waals surface area contributed by atoms with Crippen molar-refractivity contribution in [2.75, 3.05) is 6.54 Å². The Balaban J connectivity index is 2.64. The van der Waals surface area contributed by atoms with Gasteiger partial charge in [0.25, 0.3) is 0 Å². The number of rotatable bonds is 2. The second-order valence-corrected chi connectivity index (χ2v) is 10.5. The van der Waals surface area contributed by atoms with Gasteiger partial charge in [-0.1, -0.05) is 41.5 Å². The van der Waals surface area contributed by atoms with Crippen molar-refractivity contribution in [1.29, 1.82) is 0 Å². The zero-order valence-electron chi connectivity index (χ0n) is 16.9. The standard InChI is InChI=1S/C20H39NO2/c1-18(2,3)15-11-10-14(12-16(15)19(4,5)6)13-21-17(22)23-20(7,8)9/h14-16H,10-13H2,1-9H3,(H,21,22). The molecular formula is C20H39NO2. The minimum absolute atomic E-state index is 0.289. The van der Waals surface area contributed by atoms with E-state index in [0.717, 1.165) is 12.5 Å². The van der Waals surface area contributed by atoms with Gasteiger partial charge in [-0.3, -0.25) is 0 Å². The lowest BCUT2D eigenvalue weighted by Crippen LogP contribution is -2.43. The number of hydrogen-bond donors (Lipinski definition) is 1. The van der Waals surface area contributed by atoms with E-state index >= 15 is 0 Å². The van der Waals surface area contributed by atoms with Gasteiger partial charge in [-0.15, -0.1) is 0 Å². The topological polar surface area (TPSA) is 38.3 Å². The van der Waals surface area contributed by atoms with Gasteiger partial charge in [-0.05, 0) is 68.6 Å². The van der Waals surface area contributed by atoms with Crippen molar-refractivity contribution in [3.8, 4) is 0 Å². The molecule has 0 heterocycles. The van der Waals surface area contributed by atoms with E-state index < -0.39 is 5.60 Å². The van der Waals surface area contributed by atoms with E-state index in [1.165, 1.54) is 19.3 Å². The lowest BCUT2D eigenvalue weighted by atomic mass is 9.57. The third kappa shape index (κ3) is 6.73. The van der Waals surface area contributed by atoms with E-state index in [1.807, 2.05) is 20.8 Å². The molecule has 0 radical (unpaired) electrons. The highest BCUT2D eigenvalue weighted by molar-refractivity contribution is 5.67. The first-order chi connectivity index (χ1) is 10.2. The van der Waals surface area contributed by atoms with Crippen molar-refractivity contribution < 1.29 is 9.53 Å². The van der Waals surface area contributed by atoms with Gasteiger partial charge < -0.3 is 10.1 Å². The third-order valence-electron chi connectivity index (χ3n) is 5.12. The van der Waals surface area contributed by atoms with Crippen LogP contribution in [-0.4, -0.2) is 18.2 Å². The second-order valence-electron chi connectivity index (χ2n) is 10.5. The molecule has 0 aromatic heterocycles. The highest BCUT2D eigenvalue weighted by Crippen LogP contribution is 2.50. The molecule has 1 aliphatic carbocycles. The Morgan fingerprint density at radius 3 is 1.87 bits per heavy atom. The van der Waals surface area contributed by atoms with Crippen LogP contribution in [0.1, 0.15) is 81.6 Å². The Hall–Kier alpha value is -0.730. The van der Waals surface area contributed by atoms with Gasteiger partial charge in [0.1, 0.15) is 5.60 Å². The van der Waals surface area contributed by atoms with Crippen LogP contribution in [0.25, 0.3) is 0 Å². The Kier molecular flexibility index (Phi) is 6.21. The van der Waals surface area contributed by atoms with Crippen LogP contribution in [0.3, 0.4) is 0 Å². The van der Waals surface area contributed by atoms with Crippen molar-refractivity contribution in [1.82, 2.24) is 5.32 Å². The predicted molar refractivity (Wildman–Crippen MR) is 97.5 cm³/mol.